The van der Waals surface area contributed by atoms with Crippen molar-refractivity contribution in [3.8, 4) is 11.3 Å². The topological polar surface area (TPSA) is 46.9 Å². The standard InChI is InChI=1S/C19H23N3O/c23-19(11-14-5-1-2-6-14)21-16-8-3-7-15(12-16)17-13-20-18-9-4-10-22(17)18/h3,7-8,12-14H,1-2,4-6,9-11H2,(H,21,23). The number of amides is 1. The van der Waals surface area contributed by atoms with Gasteiger partial charge in [0.2, 0.25) is 5.91 Å². The Kier molecular flexibility index (Phi) is 3.90. The van der Waals surface area contributed by atoms with E-state index >= 15 is 0 Å². The van der Waals surface area contributed by atoms with Gasteiger partial charge in [0.25, 0.3) is 0 Å². The summed E-state index contributed by atoms with van der Waals surface area (Å²) in [5.74, 6) is 1.90. The first-order valence-corrected chi connectivity index (χ1v) is 8.74. The average molecular weight is 309 g/mol. The molecule has 120 valence electrons. The van der Waals surface area contributed by atoms with Crippen LogP contribution in [-0.2, 0) is 17.8 Å². The molecule has 4 nitrogen and oxygen atoms in total. The lowest BCUT2D eigenvalue weighted by atomic mass is 10.0. The van der Waals surface area contributed by atoms with Crippen LogP contribution in [0.1, 0.15) is 44.3 Å². The molecule has 2 aliphatic rings. The molecule has 0 saturated heterocycles. The molecule has 23 heavy (non-hydrogen) atoms. The Morgan fingerprint density at radius 1 is 1.26 bits per heavy atom. The number of carbonyl (C=O) groups is 1. The Bertz CT molecular complexity index is 713. The van der Waals surface area contributed by atoms with Crippen LogP contribution in [-0.4, -0.2) is 15.5 Å². The highest BCUT2D eigenvalue weighted by atomic mass is 16.1. The summed E-state index contributed by atoms with van der Waals surface area (Å²) in [4.78, 5) is 16.7. The summed E-state index contributed by atoms with van der Waals surface area (Å²) >= 11 is 0. The number of anilines is 1. The van der Waals surface area contributed by atoms with Gasteiger partial charge in [-0.15, -0.1) is 0 Å². The van der Waals surface area contributed by atoms with Crippen LogP contribution in [0.2, 0.25) is 0 Å². The second-order valence-corrected chi connectivity index (χ2v) is 6.80. The predicted molar refractivity (Wildman–Crippen MR) is 91.2 cm³/mol. The summed E-state index contributed by atoms with van der Waals surface area (Å²) in [6.45, 7) is 1.04. The molecule has 0 spiro atoms. The number of carbonyl (C=O) groups excluding carboxylic acids is 1. The van der Waals surface area contributed by atoms with Gasteiger partial charge < -0.3 is 9.88 Å². The molecule has 2 heterocycles. The minimum Gasteiger partial charge on any atom is -0.328 e. The van der Waals surface area contributed by atoms with Crippen LogP contribution in [0.15, 0.2) is 30.5 Å². The molecule has 2 aromatic rings. The second kappa shape index (κ2) is 6.19. The Balaban J connectivity index is 1.48. The molecule has 1 saturated carbocycles. The van der Waals surface area contributed by atoms with Crippen LogP contribution in [0, 0.1) is 5.92 Å². The number of aryl methyl sites for hydroxylation is 1. The third-order valence-corrected chi connectivity index (χ3v) is 5.11. The van der Waals surface area contributed by atoms with Crippen molar-refractivity contribution in [2.75, 3.05) is 5.32 Å². The number of hydrogen-bond acceptors (Lipinski definition) is 2. The highest BCUT2D eigenvalue weighted by Gasteiger charge is 2.19. The Hall–Kier alpha value is -2.10. The molecule has 1 aliphatic carbocycles. The summed E-state index contributed by atoms with van der Waals surface area (Å²) < 4.78 is 2.29. The fourth-order valence-electron chi connectivity index (χ4n) is 3.93. The van der Waals surface area contributed by atoms with Crippen molar-refractivity contribution in [1.82, 2.24) is 9.55 Å². The zero-order valence-electron chi connectivity index (χ0n) is 13.4. The first-order valence-electron chi connectivity index (χ1n) is 8.74. The first-order chi connectivity index (χ1) is 11.3. The lowest BCUT2D eigenvalue weighted by Gasteiger charge is -2.11. The lowest BCUT2D eigenvalue weighted by molar-refractivity contribution is -0.117. The van der Waals surface area contributed by atoms with Gasteiger partial charge in [-0.05, 0) is 37.3 Å². The molecule has 1 N–H and O–H groups in total. The molecule has 1 aromatic heterocycles. The number of aromatic nitrogens is 2. The lowest BCUT2D eigenvalue weighted by Crippen LogP contribution is -2.15. The SMILES string of the molecule is O=C(CC1CCCC1)Nc1cccc(-c2cnc3n2CCC3)c1. The van der Waals surface area contributed by atoms with Crippen molar-refractivity contribution in [3.05, 3.63) is 36.3 Å². The molecule has 0 atom stereocenters. The van der Waals surface area contributed by atoms with Crippen molar-refractivity contribution in [2.24, 2.45) is 5.92 Å². The van der Waals surface area contributed by atoms with Gasteiger partial charge in [0.05, 0.1) is 11.9 Å². The number of benzene rings is 1. The van der Waals surface area contributed by atoms with Crippen molar-refractivity contribution in [1.29, 1.82) is 0 Å². The number of rotatable bonds is 4. The van der Waals surface area contributed by atoms with E-state index in [9.17, 15) is 4.79 Å². The molecule has 0 unspecified atom stereocenters. The van der Waals surface area contributed by atoms with E-state index in [1.807, 2.05) is 18.3 Å². The third-order valence-electron chi connectivity index (χ3n) is 5.11. The van der Waals surface area contributed by atoms with E-state index < -0.39 is 0 Å². The maximum absolute atomic E-state index is 12.2. The Morgan fingerprint density at radius 2 is 2.13 bits per heavy atom. The zero-order valence-corrected chi connectivity index (χ0v) is 13.4. The van der Waals surface area contributed by atoms with E-state index in [0.29, 0.717) is 12.3 Å². The van der Waals surface area contributed by atoms with Crippen LogP contribution in [0.25, 0.3) is 11.3 Å². The van der Waals surface area contributed by atoms with Crippen LogP contribution < -0.4 is 5.32 Å². The van der Waals surface area contributed by atoms with Gasteiger partial charge in [-0.25, -0.2) is 4.98 Å². The molecule has 1 amide bonds. The molecule has 1 fully saturated rings. The molecule has 0 bridgehead atoms. The van der Waals surface area contributed by atoms with Gasteiger partial charge in [0.15, 0.2) is 0 Å². The molecule has 1 aromatic carbocycles. The summed E-state index contributed by atoms with van der Waals surface area (Å²) in [7, 11) is 0. The number of nitrogens with one attached hydrogen (secondary N) is 1. The number of imidazole rings is 1. The molecule has 0 radical (unpaired) electrons. The van der Waals surface area contributed by atoms with E-state index in [0.717, 1.165) is 29.9 Å². The van der Waals surface area contributed by atoms with Crippen LogP contribution in [0.4, 0.5) is 5.69 Å². The highest BCUT2D eigenvalue weighted by molar-refractivity contribution is 5.91. The van der Waals surface area contributed by atoms with E-state index in [1.54, 1.807) is 0 Å². The van der Waals surface area contributed by atoms with Gasteiger partial charge >= 0.3 is 0 Å². The largest absolute Gasteiger partial charge is 0.328 e. The summed E-state index contributed by atoms with van der Waals surface area (Å²) in [5, 5.41) is 3.07. The van der Waals surface area contributed by atoms with Crippen molar-refractivity contribution in [2.45, 2.75) is 51.5 Å². The van der Waals surface area contributed by atoms with Crippen molar-refractivity contribution >= 4 is 11.6 Å². The summed E-state index contributed by atoms with van der Waals surface area (Å²) in [6, 6.07) is 8.14. The Labute approximate surface area is 136 Å². The normalized spacial score (nSPS) is 17.4. The smallest absolute Gasteiger partial charge is 0.224 e. The minimum absolute atomic E-state index is 0.146. The van der Waals surface area contributed by atoms with Gasteiger partial charge in [-0.2, -0.15) is 0 Å². The molecular formula is C19H23N3O. The zero-order chi connectivity index (χ0) is 15.6. The number of hydrogen-bond donors (Lipinski definition) is 1. The molecule has 4 heteroatoms. The minimum atomic E-state index is 0.146. The maximum Gasteiger partial charge on any atom is 0.224 e. The fraction of sp³-hybridized carbons (Fsp3) is 0.474. The highest BCUT2D eigenvalue weighted by Crippen LogP contribution is 2.29. The van der Waals surface area contributed by atoms with E-state index in [-0.39, 0.29) is 5.91 Å². The van der Waals surface area contributed by atoms with Crippen molar-refractivity contribution in [3.63, 3.8) is 0 Å². The third kappa shape index (κ3) is 3.03. The fourth-order valence-corrected chi connectivity index (χ4v) is 3.93. The predicted octanol–water partition coefficient (Wildman–Crippen LogP) is 4.02. The summed E-state index contributed by atoms with van der Waals surface area (Å²) in [5.41, 5.74) is 3.17. The average Bonchev–Trinajstić information content (AvgIpc) is 3.24. The monoisotopic (exact) mass is 309 g/mol. The number of fused-ring (bicyclic) bond motifs is 1. The van der Waals surface area contributed by atoms with Gasteiger partial charge in [-0.1, -0.05) is 25.0 Å². The van der Waals surface area contributed by atoms with Crippen LogP contribution >= 0.6 is 0 Å². The molecular weight excluding hydrogens is 286 g/mol. The second-order valence-electron chi connectivity index (χ2n) is 6.80. The molecule has 4 rings (SSSR count). The first kappa shape index (κ1) is 14.5. The van der Waals surface area contributed by atoms with Gasteiger partial charge in [-0.3, -0.25) is 4.79 Å². The van der Waals surface area contributed by atoms with E-state index in [1.165, 1.54) is 37.9 Å². The van der Waals surface area contributed by atoms with Gasteiger partial charge in [0, 0.05) is 30.6 Å². The number of nitrogens with zero attached hydrogens (tertiary/aromatic N) is 2. The van der Waals surface area contributed by atoms with Crippen LogP contribution in [0.5, 0.6) is 0 Å². The van der Waals surface area contributed by atoms with E-state index in [4.69, 9.17) is 0 Å². The quantitative estimate of drug-likeness (QED) is 0.927. The summed E-state index contributed by atoms with van der Waals surface area (Å²) in [6.07, 6.45) is 9.82. The molecule has 1 aliphatic heterocycles. The van der Waals surface area contributed by atoms with E-state index in [2.05, 4.69) is 27.0 Å². The Morgan fingerprint density at radius 3 is 3.00 bits per heavy atom. The van der Waals surface area contributed by atoms with Crippen LogP contribution in [0.3, 0.4) is 0 Å². The van der Waals surface area contributed by atoms with Gasteiger partial charge in [0.1, 0.15) is 5.82 Å². The van der Waals surface area contributed by atoms with Crippen molar-refractivity contribution < 1.29 is 4.79 Å². The maximum atomic E-state index is 12.2.